The molecule has 0 atom stereocenters. The van der Waals surface area contributed by atoms with Crippen LogP contribution in [0.2, 0.25) is 5.02 Å². The molecule has 0 radical (unpaired) electrons. The molecule has 1 aromatic carbocycles. The van der Waals surface area contributed by atoms with Crippen LogP contribution < -0.4 is 0 Å². The molecular formula is C14H15BrClNO3. The Kier molecular flexibility index (Phi) is 4.04. The second kappa shape index (κ2) is 5.64. The third-order valence-corrected chi connectivity index (χ3v) is 4.68. The standard InChI is InChI=1S/C14H15BrClNO3/c15-12-9-10(16)1-2-11(12)13(18)17-5-3-14(4-6-17)19-7-8-20-14/h1-2,9H,3-8H2. The fraction of sp³-hybridized carbons (Fsp3) is 0.500. The van der Waals surface area contributed by atoms with Crippen molar-refractivity contribution in [3.8, 4) is 0 Å². The van der Waals surface area contributed by atoms with E-state index in [0.29, 0.717) is 36.9 Å². The summed E-state index contributed by atoms with van der Waals surface area (Å²) in [5.41, 5.74) is 0.638. The Morgan fingerprint density at radius 3 is 2.50 bits per heavy atom. The molecular weight excluding hydrogens is 346 g/mol. The monoisotopic (exact) mass is 359 g/mol. The first-order chi connectivity index (χ1) is 9.60. The summed E-state index contributed by atoms with van der Waals surface area (Å²) in [5.74, 6) is -0.435. The molecule has 0 saturated carbocycles. The average molecular weight is 361 g/mol. The Morgan fingerprint density at radius 2 is 1.90 bits per heavy atom. The third-order valence-electron chi connectivity index (χ3n) is 3.79. The van der Waals surface area contributed by atoms with E-state index in [4.69, 9.17) is 21.1 Å². The summed E-state index contributed by atoms with van der Waals surface area (Å²) in [6, 6.07) is 5.22. The lowest BCUT2D eigenvalue weighted by Crippen LogP contribution is -2.47. The number of benzene rings is 1. The Bertz CT molecular complexity index is 521. The van der Waals surface area contributed by atoms with E-state index >= 15 is 0 Å². The number of hydrogen-bond acceptors (Lipinski definition) is 3. The van der Waals surface area contributed by atoms with Crippen LogP contribution in [0.15, 0.2) is 22.7 Å². The smallest absolute Gasteiger partial charge is 0.255 e. The maximum atomic E-state index is 12.5. The molecule has 3 rings (SSSR count). The van der Waals surface area contributed by atoms with Gasteiger partial charge in [-0.3, -0.25) is 4.79 Å². The van der Waals surface area contributed by atoms with Gasteiger partial charge in [0, 0.05) is 35.4 Å². The number of carbonyl (C=O) groups is 1. The van der Waals surface area contributed by atoms with Crippen LogP contribution in [0.4, 0.5) is 0 Å². The lowest BCUT2D eigenvalue weighted by atomic mass is 10.0. The van der Waals surface area contributed by atoms with Gasteiger partial charge in [0.2, 0.25) is 0 Å². The number of rotatable bonds is 1. The number of ether oxygens (including phenoxy) is 2. The van der Waals surface area contributed by atoms with Crippen LogP contribution in [0.1, 0.15) is 23.2 Å². The highest BCUT2D eigenvalue weighted by atomic mass is 79.9. The minimum Gasteiger partial charge on any atom is -0.347 e. The molecule has 20 heavy (non-hydrogen) atoms. The Hall–Kier alpha value is -0.620. The van der Waals surface area contributed by atoms with Gasteiger partial charge in [-0.05, 0) is 34.1 Å². The maximum absolute atomic E-state index is 12.5. The van der Waals surface area contributed by atoms with E-state index in [0.717, 1.165) is 17.3 Å². The average Bonchev–Trinajstić information content (AvgIpc) is 2.87. The van der Waals surface area contributed by atoms with Gasteiger partial charge in [0.1, 0.15) is 0 Å². The quantitative estimate of drug-likeness (QED) is 0.772. The molecule has 0 N–H and O–H groups in total. The molecule has 1 spiro atoms. The van der Waals surface area contributed by atoms with E-state index in [9.17, 15) is 4.79 Å². The van der Waals surface area contributed by atoms with E-state index in [1.54, 1.807) is 18.2 Å². The van der Waals surface area contributed by atoms with Crippen LogP contribution in [-0.2, 0) is 9.47 Å². The first-order valence-electron chi connectivity index (χ1n) is 6.62. The molecule has 2 fully saturated rings. The number of halogens is 2. The number of nitrogens with zero attached hydrogens (tertiary/aromatic N) is 1. The second-order valence-electron chi connectivity index (χ2n) is 5.02. The van der Waals surface area contributed by atoms with Crippen molar-refractivity contribution in [1.82, 2.24) is 4.90 Å². The van der Waals surface area contributed by atoms with Gasteiger partial charge in [0.15, 0.2) is 5.79 Å². The summed E-state index contributed by atoms with van der Waals surface area (Å²) >= 11 is 9.29. The van der Waals surface area contributed by atoms with Crippen molar-refractivity contribution in [2.24, 2.45) is 0 Å². The van der Waals surface area contributed by atoms with Crippen LogP contribution in [0, 0.1) is 0 Å². The molecule has 2 aliphatic rings. The third kappa shape index (κ3) is 2.72. The molecule has 1 aromatic rings. The molecule has 2 saturated heterocycles. The topological polar surface area (TPSA) is 38.8 Å². The zero-order valence-electron chi connectivity index (χ0n) is 10.9. The van der Waals surface area contributed by atoms with Gasteiger partial charge in [-0.2, -0.15) is 0 Å². The molecule has 108 valence electrons. The molecule has 6 heteroatoms. The Morgan fingerprint density at radius 1 is 1.25 bits per heavy atom. The maximum Gasteiger partial charge on any atom is 0.255 e. The molecule has 2 heterocycles. The minimum absolute atomic E-state index is 0.0152. The van der Waals surface area contributed by atoms with Crippen molar-refractivity contribution in [2.75, 3.05) is 26.3 Å². The fourth-order valence-electron chi connectivity index (χ4n) is 2.67. The van der Waals surface area contributed by atoms with Gasteiger partial charge in [-0.25, -0.2) is 0 Å². The molecule has 1 amide bonds. The van der Waals surface area contributed by atoms with Crippen molar-refractivity contribution >= 4 is 33.4 Å². The predicted molar refractivity (Wildman–Crippen MR) is 78.9 cm³/mol. The number of hydrogen-bond donors (Lipinski definition) is 0. The molecule has 0 unspecified atom stereocenters. The van der Waals surface area contributed by atoms with E-state index in [1.165, 1.54) is 0 Å². The summed E-state index contributed by atoms with van der Waals surface area (Å²) in [6.07, 6.45) is 1.45. The summed E-state index contributed by atoms with van der Waals surface area (Å²) in [7, 11) is 0. The second-order valence-corrected chi connectivity index (χ2v) is 6.31. The number of amides is 1. The molecule has 0 aromatic heterocycles. The summed E-state index contributed by atoms with van der Waals surface area (Å²) in [4.78, 5) is 14.3. The highest BCUT2D eigenvalue weighted by molar-refractivity contribution is 9.10. The lowest BCUT2D eigenvalue weighted by Gasteiger charge is -2.37. The van der Waals surface area contributed by atoms with Crippen LogP contribution >= 0.6 is 27.5 Å². The highest BCUT2D eigenvalue weighted by Crippen LogP contribution is 2.32. The van der Waals surface area contributed by atoms with Crippen LogP contribution in [0.3, 0.4) is 0 Å². The van der Waals surface area contributed by atoms with Crippen LogP contribution in [-0.4, -0.2) is 42.9 Å². The number of carbonyl (C=O) groups excluding carboxylic acids is 1. The highest BCUT2D eigenvalue weighted by Gasteiger charge is 2.40. The van der Waals surface area contributed by atoms with Gasteiger partial charge < -0.3 is 14.4 Å². The van der Waals surface area contributed by atoms with E-state index < -0.39 is 5.79 Å². The van der Waals surface area contributed by atoms with E-state index in [2.05, 4.69) is 15.9 Å². The summed E-state index contributed by atoms with van der Waals surface area (Å²) in [6.45, 7) is 2.59. The summed E-state index contributed by atoms with van der Waals surface area (Å²) in [5, 5.41) is 0.610. The zero-order valence-corrected chi connectivity index (χ0v) is 13.2. The van der Waals surface area contributed by atoms with Crippen molar-refractivity contribution < 1.29 is 14.3 Å². The molecule has 0 bridgehead atoms. The Balaban J connectivity index is 1.69. The van der Waals surface area contributed by atoms with Gasteiger partial charge in [-0.1, -0.05) is 11.6 Å². The summed E-state index contributed by atoms with van der Waals surface area (Å²) < 4.78 is 12.1. The van der Waals surface area contributed by atoms with Crippen LogP contribution in [0.25, 0.3) is 0 Å². The molecule has 2 aliphatic heterocycles. The van der Waals surface area contributed by atoms with Crippen molar-refractivity contribution in [3.63, 3.8) is 0 Å². The zero-order chi connectivity index (χ0) is 14.2. The Labute approximate surface area is 131 Å². The van der Waals surface area contributed by atoms with E-state index in [-0.39, 0.29) is 5.91 Å². The first kappa shape index (κ1) is 14.3. The fourth-order valence-corrected chi connectivity index (χ4v) is 3.52. The van der Waals surface area contributed by atoms with Crippen molar-refractivity contribution in [3.05, 3.63) is 33.3 Å². The van der Waals surface area contributed by atoms with E-state index in [1.807, 2.05) is 4.90 Å². The SMILES string of the molecule is O=C(c1ccc(Cl)cc1Br)N1CCC2(CC1)OCCO2. The molecule has 4 nitrogen and oxygen atoms in total. The van der Waals surface area contributed by atoms with Gasteiger partial charge in [-0.15, -0.1) is 0 Å². The lowest BCUT2D eigenvalue weighted by molar-refractivity contribution is -0.181. The number of piperidine rings is 1. The van der Waals surface area contributed by atoms with Gasteiger partial charge >= 0.3 is 0 Å². The van der Waals surface area contributed by atoms with Crippen molar-refractivity contribution in [1.29, 1.82) is 0 Å². The van der Waals surface area contributed by atoms with Gasteiger partial charge in [0.25, 0.3) is 5.91 Å². The largest absolute Gasteiger partial charge is 0.347 e. The normalized spacial score (nSPS) is 21.4. The van der Waals surface area contributed by atoms with Crippen LogP contribution in [0.5, 0.6) is 0 Å². The molecule has 0 aliphatic carbocycles. The van der Waals surface area contributed by atoms with Crippen molar-refractivity contribution in [2.45, 2.75) is 18.6 Å². The minimum atomic E-state index is -0.450. The predicted octanol–water partition coefficient (Wildman–Crippen LogP) is 3.08. The van der Waals surface area contributed by atoms with Gasteiger partial charge in [0.05, 0.1) is 18.8 Å². The number of likely N-dealkylation sites (tertiary alicyclic amines) is 1. The first-order valence-corrected chi connectivity index (χ1v) is 7.79.